The van der Waals surface area contributed by atoms with E-state index >= 15 is 0 Å². The fourth-order valence-electron chi connectivity index (χ4n) is 1.42. The maximum absolute atomic E-state index is 10.7. The molecule has 0 atom stereocenters. The number of hydrogen-bond acceptors (Lipinski definition) is 4. The molecule has 0 unspecified atom stereocenters. The van der Waals surface area contributed by atoms with Crippen molar-refractivity contribution in [2.45, 2.75) is 0 Å². The molecule has 2 rings (SSSR count). The predicted octanol–water partition coefficient (Wildman–Crippen LogP) is 2.46. The zero-order valence-electron chi connectivity index (χ0n) is 7.91. The number of nitro benzene ring substituents is 2. The smallest absolute Gasteiger partial charge is 0.258 e. The second-order valence-corrected chi connectivity index (χ2v) is 3.10. The van der Waals surface area contributed by atoms with Gasteiger partial charge in [-0.25, -0.2) is 0 Å². The van der Waals surface area contributed by atoms with Gasteiger partial charge in [0.15, 0.2) is 0 Å². The van der Waals surface area contributed by atoms with Crippen molar-refractivity contribution in [3.63, 3.8) is 0 Å². The van der Waals surface area contributed by atoms with Crippen LogP contribution in [0, 0.1) is 26.3 Å². The van der Waals surface area contributed by atoms with Crippen molar-refractivity contribution in [3.8, 4) is 0 Å². The van der Waals surface area contributed by atoms with Gasteiger partial charge in [-0.05, 0) is 10.8 Å². The van der Waals surface area contributed by atoms with E-state index in [4.69, 9.17) is 0 Å². The molecule has 0 aliphatic rings. The van der Waals surface area contributed by atoms with Crippen LogP contribution in [0.4, 0.5) is 11.4 Å². The van der Waals surface area contributed by atoms with Crippen LogP contribution in [0.15, 0.2) is 30.3 Å². The van der Waals surface area contributed by atoms with Crippen molar-refractivity contribution < 1.29 is 9.85 Å². The highest BCUT2D eigenvalue weighted by molar-refractivity contribution is 5.87. The van der Waals surface area contributed by atoms with Gasteiger partial charge in [0.2, 0.25) is 0 Å². The standard InChI is InChI=1S/C10H5N2O4/c13-11(14)9-5-7-3-1-2-4-8(7)6-10(9)12(15)16/h1-5H. The van der Waals surface area contributed by atoms with Crippen LogP contribution in [0.25, 0.3) is 10.8 Å². The second-order valence-electron chi connectivity index (χ2n) is 3.10. The van der Waals surface area contributed by atoms with Crippen LogP contribution in [-0.2, 0) is 0 Å². The monoisotopic (exact) mass is 217 g/mol. The SMILES string of the molecule is O=[N+]([O-])c1[c]c2ccccc2cc1[N+](=O)[O-]. The Balaban J connectivity index is 2.81. The first-order valence-corrected chi connectivity index (χ1v) is 4.33. The highest BCUT2D eigenvalue weighted by atomic mass is 16.6. The first-order valence-electron chi connectivity index (χ1n) is 4.33. The van der Waals surface area contributed by atoms with E-state index in [2.05, 4.69) is 6.07 Å². The molecule has 0 spiro atoms. The lowest BCUT2D eigenvalue weighted by Gasteiger charge is -1.98. The van der Waals surface area contributed by atoms with E-state index in [0.717, 1.165) is 0 Å². The van der Waals surface area contributed by atoms with Crippen molar-refractivity contribution in [2.75, 3.05) is 0 Å². The van der Waals surface area contributed by atoms with Gasteiger partial charge < -0.3 is 0 Å². The Morgan fingerprint density at radius 1 is 1.06 bits per heavy atom. The molecule has 0 amide bonds. The van der Waals surface area contributed by atoms with Gasteiger partial charge in [-0.1, -0.05) is 24.3 Å². The van der Waals surface area contributed by atoms with Crippen molar-refractivity contribution in [1.29, 1.82) is 0 Å². The van der Waals surface area contributed by atoms with Crippen LogP contribution >= 0.6 is 0 Å². The van der Waals surface area contributed by atoms with Crippen molar-refractivity contribution in [3.05, 3.63) is 56.6 Å². The molecule has 0 fully saturated rings. The summed E-state index contributed by atoms with van der Waals surface area (Å²) in [5.74, 6) is 0. The fraction of sp³-hybridized carbons (Fsp3) is 0. The van der Waals surface area contributed by atoms with Gasteiger partial charge in [0, 0.05) is 6.07 Å². The van der Waals surface area contributed by atoms with Crippen LogP contribution in [-0.4, -0.2) is 9.85 Å². The molecule has 0 saturated heterocycles. The summed E-state index contributed by atoms with van der Waals surface area (Å²) in [6.45, 7) is 0. The van der Waals surface area contributed by atoms with Crippen molar-refractivity contribution in [2.24, 2.45) is 0 Å². The minimum absolute atomic E-state index is 0.486. The van der Waals surface area contributed by atoms with Gasteiger partial charge in [0.25, 0.3) is 0 Å². The molecule has 1 radical (unpaired) electrons. The molecule has 79 valence electrons. The van der Waals surface area contributed by atoms with E-state index in [1.54, 1.807) is 24.3 Å². The molecule has 6 nitrogen and oxygen atoms in total. The quantitative estimate of drug-likeness (QED) is 0.571. The van der Waals surface area contributed by atoms with Gasteiger partial charge in [0.05, 0.1) is 15.9 Å². The number of rotatable bonds is 2. The summed E-state index contributed by atoms with van der Waals surface area (Å²) in [4.78, 5) is 19.7. The van der Waals surface area contributed by atoms with Gasteiger partial charge >= 0.3 is 11.4 Å². The summed E-state index contributed by atoms with van der Waals surface area (Å²) in [6, 6.07) is 10.3. The molecule has 6 heteroatoms. The first kappa shape index (κ1) is 10.0. The molecule has 0 aliphatic carbocycles. The molecule has 2 aromatic rings. The van der Waals surface area contributed by atoms with E-state index in [1.807, 2.05) is 0 Å². The number of fused-ring (bicyclic) bond motifs is 1. The fourth-order valence-corrected chi connectivity index (χ4v) is 1.42. The Labute approximate surface area is 89.4 Å². The summed E-state index contributed by atoms with van der Waals surface area (Å²) in [6.07, 6.45) is 0. The summed E-state index contributed by atoms with van der Waals surface area (Å²) >= 11 is 0. The van der Waals surface area contributed by atoms with Crippen molar-refractivity contribution in [1.82, 2.24) is 0 Å². The van der Waals surface area contributed by atoms with Crippen LogP contribution in [0.1, 0.15) is 0 Å². The molecular weight excluding hydrogens is 212 g/mol. The lowest BCUT2D eigenvalue weighted by Crippen LogP contribution is -1.96. The largest absolute Gasteiger partial charge is 0.354 e. The Morgan fingerprint density at radius 2 is 1.75 bits per heavy atom. The Hall–Kier alpha value is -2.50. The molecule has 0 heterocycles. The van der Waals surface area contributed by atoms with Crippen LogP contribution in [0.3, 0.4) is 0 Å². The number of nitro groups is 2. The Kier molecular flexibility index (Phi) is 2.24. The zero-order chi connectivity index (χ0) is 11.7. The molecule has 0 N–H and O–H groups in total. The molecule has 2 aromatic carbocycles. The average Bonchev–Trinajstić information content (AvgIpc) is 2.27. The molecular formula is C10H5N2O4. The predicted molar refractivity (Wildman–Crippen MR) is 56.1 cm³/mol. The van der Waals surface area contributed by atoms with Crippen LogP contribution in [0.2, 0.25) is 0 Å². The number of hydrogen-bond donors (Lipinski definition) is 0. The van der Waals surface area contributed by atoms with E-state index in [0.29, 0.717) is 10.8 Å². The number of benzene rings is 2. The summed E-state index contributed by atoms with van der Waals surface area (Å²) in [5, 5.41) is 22.3. The molecule has 0 aliphatic heterocycles. The van der Waals surface area contributed by atoms with Gasteiger partial charge in [-0.2, -0.15) is 0 Å². The maximum Gasteiger partial charge on any atom is 0.354 e. The summed E-state index contributed by atoms with van der Waals surface area (Å²) < 4.78 is 0. The van der Waals surface area contributed by atoms with E-state index in [-0.39, 0.29) is 0 Å². The van der Waals surface area contributed by atoms with E-state index in [9.17, 15) is 20.2 Å². The average molecular weight is 217 g/mol. The molecule has 0 bridgehead atoms. The normalized spacial score (nSPS) is 10.2. The second kappa shape index (κ2) is 3.58. The minimum atomic E-state index is -0.801. The maximum atomic E-state index is 10.7. The number of nitrogens with zero attached hydrogens (tertiary/aromatic N) is 2. The Bertz CT molecular complexity index is 542. The zero-order valence-corrected chi connectivity index (χ0v) is 7.91. The van der Waals surface area contributed by atoms with E-state index < -0.39 is 21.2 Å². The highest BCUT2D eigenvalue weighted by Gasteiger charge is 2.24. The van der Waals surface area contributed by atoms with Gasteiger partial charge in [0.1, 0.15) is 0 Å². The Morgan fingerprint density at radius 3 is 2.38 bits per heavy atom. The lowest BCUT2D eigenvalue weighted by molar-refractivity contribution is -0.422. The van der Waals surface area contributed by atoms with Gasteiger partial charge in [-0.15, -0.1) is 0 Å². The molecule has 0 aromatic heterocycles. The third-order valence-electron chi connectivity index (χ3n) is 2.13. The third-order valence-corrected chi connectivity index (χ3v) is 2.13. The third kappa shape index (κ3) is 1.56. The summed E-state index contributed by atoms with van der Waals surface area (Å²) in [5.41, 5.74) is -1.15. The molecule has 0 saturated carbocycles. The van der Waals surface area contributed by atoms with Crippen LogP contribution < -0.4 is 0 Å². The molecule has 16 heavy (non-hydrogen) atoms. The van der Waals surface area contributed by atoms with Gasteiger partial charge in [-0.3, -0.25) is 20.2 Å². The summed E-state index contributed by atoms with van der Waals surface area (Å²) in [7, 11) is 0. The lowest BCUT2D eigenvalue weighted by atomic mass is 10.1. The van der Waals surface area contributed by atoms with Crippen molar-refractivity contribution >= 4 is 22.1 Å². The topological polar surface area (TPSA) is 86.3 Å². The minimum Gasteiger partial charge on any atom is -0.258 e. The van der Waals surface area contributed by atoms with E-state index in [1.165, 1.54) is 6.07 Å². The van der Waals surface area contributed by atoms with Crippen LogP contribution in [0.5, 0.6) is 0 Å². The first-order chi connectivity index (χ1) is 7.59. The highest BCUT2D eigenvalue weighted by Crippen LogP contribution is 2.30.